The fourth-order valence-electron chi connectivity index (χ4n) is 2.14. The zero-order valence-corrected chi connectivity index (χ0v) is 18.7. The van der Waals surface area contributed by atoms with Crippen molar-refractivity contribution in [3.63, 3.8) is 0 Å². The third-order valence-corrected chi connectivity index (χ3v) is 3.10. The Morgan fingerprint density at radius 3 is 1.33 bits per heavy atom. The van der Waals surface area contributed by atoms with Gasteiger partial charge >= 0.3 is 26.2 Å². The number of alkyl halides is 1. The summed E-state index contributed by atoms with van der Waals surface area (Å²) in [5.41, 5.74) is 0. The molecule has 2 radical (unpaired) electrons. The third kappa shape index (κ3) is 7.75. The monoisotopic (exact) mass is 428 g/mol. The van der Waals surface area contributed by atoms with Gasteiger partial charge in [-0.05, 0) is 0 Å². The van der Waals surface area contributed by atoms with Crippen molar-refractivity contribution in [3.05, 3.63) is 84.9 Å². The van der Waals surface area contributed by atoms with Gasteiger partial charge in [0.05, 0.1) is 0 Å². The van der Waals surface area contributed by atoms with E-state index in [0.29, 0.717) is 0 Å². The van der Waals surface area contributed by atoms with Crippen LogP contribution in [0.5, 0.6) is 0 Å². The van der Waals surface area contributed by atoms with E-state index >= 15 is 0 Å². The molecule has 4 rings (SSSR count). The van der Waals surface area contributed by atoms with E-state index in [1.807, 2.05) is 0 Å². The molecule has 0 fully saturated rings. The summed E-state index contributed by atoms with van der Waals surface area (Å²) in [5, 5.41) is 5.32. The molecule has 24 heavy (non-hydrogen) atoms. The summed E-state index contributed by atoms with van der Waals surface area (Å²) in [5.74, 6) is 0. The Morgan fingerprint density at radius 2 is 1.00 bits per heavy atom. The summed E-state index contributed by atoms with van der Waals surface area (Å²) in [4.78, 5) is 0. The maximum Gasteiger partial charge on any atom is 2.00 e. The van der Waals surface area contributed by atoms with Crippen molar-refractivity contribution in [3.8, 4) is 0 Å². The Morgan fingerprint density at radius 1 is 0.667 bits per heavy atom. The van der Waals surface area contributed by atoms with E-state index in [0.717, 1.165) is 9.52 Å². The molecule has 3 heteroatoms. The van der Waals surface area contributed by atoms with Crippen molar-refractivity contribution in [2.45, 2.75) is 13.1 Å². The summed E-state index contributed by atoms with van der Waals surface area (Å²) in [7, 11) is 1.08. The first kappa shape index (κ1) is 23.1. The van der Waals surface area contributed by atoms with Gasteiger partial charge in [0.1, 0.15) is 0 Å². The topological polar surface area (TPSA) is 0 Å². The van der Waals surface area contributed by atoms with Gasteiger partial charge < -0.3 is 0 Å². The molecule has 0 aliphatic heterocycles. The van der Waals surface area contributed by atoms with Crippen molar-refractivity contribution >= 4 is 42.7 Å². The quantitative estimate of drug-likeness (QED) is 0.164. The van der Waals surface area contributed by atoms with E-state index in [1.54, 1.807) is 0 Å². The third-order valence-electron chi connectivity index (χ3n) is 3.10. The molecule has 0 unspecified atom stereocenters. The molecule has 0 aromatic heterocycles. The fourth-order valence-corrected chi connectivity index (χ4v) is 2.14. The van der Waals surface area contributed by atoms with Crippen molar-refractivity contribution < 1.29 is 26.2 Å². The van der Waals surface area contributed by atoms with Crippen LogP contribution in [-0.2, 0) is 26.2 Å². The van der Waals surface area contributed by atoms with Crippen LogP contribution in [-0.4, -0.2) is 15.9 Å². The zero-order chi connectivity index (χ0) is 16.9. The molecular formula is C21H23ClSiZr. The molecule has 4 aromatic carbocycles. The number of hydrogen-bond donors (Lipinski definition) is 0. The van der Waals surface area contributed by atoms with Gasteiger partial charge in [-0.15, -0.1) is 70.9 Å². The van der Waals surface area contributed by atoms with Crippen LogP contribution < -0.4 is 0 Å². The number of hydrogen-bond acceptors (Lipinski definition) is 0. The van der Waals surface area contributed by atoms with E-state index in [2.05, 4.69) is 110 Å². The van der Waals surface area contributed by atoms with Gasteiger partial charge in [-0.1, -0.05) is 25.2 Å². The summed E-state index contributed by atoms with van der Waals surface area (Å²) in [6, 6.07) is 29.3. The van der Waals surface area contributed by atoms with E-state index in [1.165, 1.54) is 27.9 Å². The molecular weight excluding hydrogens is 407 g/mol. The fraction of sp³-hybridized carbons (Fsp3) is 0.143. The van der Waals surface area contributed by atoms with Crippen molar-refractivity contribution in [1.29, 1.82) is 0 Å². The molecule has 0 N–H and O–H groups in total. The minimum Gasteiger partial charge on any atom is -0.168 e. The molecule has 0 nitrogen and oxygen atoms in total. The van der Waals surface area contributed by atoms with Crippen LogP contribution in [0.1, 0.15) is 0 Å². The predicted molar refractivity (Wildman–Crippen MR) is 108 cm³/mol. The van der Waals surface area contributed by atoms with Gasteiger partial charge in [-0.2, -0.15) is 35.0 Å². The molecule has 0 bridgehead atoms. The smallest absolute Gasteiger partial charge is 0.168 e. The van der Waals surface area contributed by atoms with Gasteiger partial charge in [0, 0.05) is 15.9 Å². The summed E-state index contributed by atoms with van der Waals surface area (Å²) >= 11 is 4.64. The first-order valence-corrected chi connectivity index (χ1v) is 10.3. The minimum absolute atomic E-state index is 0. The van der Waals surface area contributed by atoms with Gasteiger partial charge in [0.2, 0.25) is 0 Å². The molecule has 0 heterocycles. The van der Waals surface area contributed by atoms with E-state index in [9.17, 15) is 0 Å². The van der Waals surface area contributed by atoms with Crippen molar-refractivity contribution in [2.24, 2.45) is 0 Å². The number of halogens is 1. The van der Waals surface area contributed by atoms with Crippen LogP contribution >= 0.6 is 11.6 Å². The minimum atomic E-state index is 0. The number of fused-ring (bicyclic) bond motifs is 2. The van der Waals surface area contributed by atoms with Crippen molar-refractivity contribution in [2.75, 3.05) is 6.38 Å². The second-order valence-electron chi connectivity index (χ2n) is 4.81. The molecule has 0 atom stereocenters. The summed E-state index contributed by atoms with van der Waals surface area (Å²) in [6.07, 6.45) is 1.47. The molecule has 0 aliphatic carbocycles. The van der Waals surface area contributed by atoms with Crippen LogP contribution in [0.4, 0.5) is 0 Å². The van der Waals surface area contributed by atoms with Gasteiger partial charge in [0.15, 0.2) is 0 Å². The first-order valence-electron chi connectivity index (χ1n) is 7.52. The van der Waals surface area contributed by atoms with Crippen LogP contribution in [0, 0.1) is 0 Å². The van der Waals surface area contributed by atoms with Crippen LogP contribution in [0.2, 0.25) is 13.1 Å². The SMILES string of the molecule is CCl.C[Si]C.[Zr+2].c1ccc2[cH-]ccc2c1.c1ccc2[cH-]ccc2c1. The maximum absolute atomic E-state index is 4.64. The number of rotatable bonds is 0. The standard InChI is InChI=1S/2C9H7.C2H6Si.CH3Cl.Zr/c2*1-2-5-9-7-3-6-8(9)4-1;1-3-2;1-2;/h2*1-7H;1-2H3;1H3;/q2*-1;;;+2. The first-order chi connectivity index (χ1) is 11.3. The second-order valence-corrected chi connectivity index (χ2v) is 5.81. The molecule has 4 aromatic rings. The zero-order valence-electron chi connectivity index (χ0n) is 14.5. The second kappa shape index (κ2) is 14.4. The maximum atomic E-state index is 4.64. The normalized spacial score (nSPS) is 8.67. The molecule has 0 aliphatic rings. The Bertz CT molecular complexity index is 647. The van der Waals surface area contributed by atoms with Gasteiger partial charge in [-0.3, -0.25) is 0 Å². The van der Waals surface area contributed by atoms with E-state index in [4.69, 9.17) is 0 Å². The van der Waals surface area contributed by atoms with Crippen LogP contribution in [0.15, 0.2) is 84.9 Å². The average Bonchev–Trinajstić information content (AvgIpc) is 3.27. The van der Waals surface area contributed by atoms with Gasteiger partial charge in [-0.25, -0.2) is 0 Å². The Hall–Kier alpha value is -0.950. The molecule has 0 amide bonds. The summed E-state index contributed by atoms with van der Waals surface area (Å²) in [6.45, 7) is 4.31. The Labute approximate surface area is 172 Å². The van der Waals surface area contributed by atoms with Crippen molar-refractivity contribution in [1.82, 2.24) is 0 Å². The predicted octanol–water partition coefficient (Wildman–Crippen LogP) is 6.76. The Balaban J connectivity index is 0.000000339. The summed E-state index contributed by atoms with van der Waals surface area (Å²) < 4.78 is 0. The van der Waals surface area contributed by atoms with Crippen LogP contribution in [0.25, 0.3) is 21.5 Å². The molecule has 0 spiro atoms. The number of benzene rings is 2. The average molecular weight is 430 g/mol. The van der Waals surface area contributed by atoms with E-state index < -0.39 is 0 Å². The molecule has 0 saturated heterocycles. The Kier molecular flexibility index (Phi) is 13.8. The van der Waals surface area contributed by atoms with Crippen LogP contribution in [0.3, 0.4) is 0 Å². The van der Waals surface area contributed by atoms with E-state index in [-0.39, 0.29) is 26.2 Å². The largest absolute Gasteiger partial charge is 2.00 e. The van der Waals surface area contributed by atoms with Gasteiger partial charge in [0.25, 0.3) is 0 Å². The molecule has 122 valence electrons. The molecule has 0 saturated carbocycles.